The number of nitrogens with two attached hydrogens (primary N) is 1. The van der Waals surface area contributed by atoms with Gasteiger partial charge in [-0.2, -0.15) is 5.26 Å². The molecule has 0 fully saturated rings. The number of ether oxygens (including phenoxy) is 1. The van der Waals surface area contributed by atoms with E-state index in [1.165, 1.54) is 31.4 Å². The number of hydrogen-bond acceptors (Lipinski definition) is 5. The average Bonchev–Trinajstić information content (AvgIpc) is 2.55. The van der Waals surface area contributed by atoms with Crippen molar-refractivity contribution in [2.45, 2.75) is 0 Å². The van der Waals surface area contributed by atoms with Gasteiger partial charge < -0.3 is 10.5 Å². The van der Waals surface area contributed by atoms with Crippen LogP contribution in [0.4, 0.5) is 10.1 Å². The highest BCUT2D eigenvalue weighted by atomic mass is 19.1. The molecule has 0 saturated heterocycles. The van der Waals surface area contributed by atoms with E-state index in [4.69, 9.17) is 11.0 Å². The maximum atomic E-state index is 14.4. The highest BCUT2D eigenvalue weighted by Gasteiger charge is 2.18. The van der Waals surface area contributed by atoms with Gasteiger partial charge in [0.2, 0.25) is 0 Å². The number of carbonyl (C=O) groups excluding carboxylic acids is 2. The minimum Gasteiger partial charge on any atom is -0.465 e. The Morgan fingerprint density at radius 1 is 1.36 bits per heavy atom. The number of carbonyl (C=O) groups is 2. The first-order chi connectivity index (χ1) is 10.5. The lowest BCUT2D eigenvalue weighted by atomic mass is 9.96. The number of nitriles is 1. The van der Waals surface area contributed by atoms with Crippen molar-refractivity contribution in [2.24, 2.45) is 0 Å². The average molecular weight is 298 g/mol. The van der Waals surface area contributed by atoms with Crippen LogP contribution in [-0.2, 0) is 4.74 Å². The van der Waals surface area contributed by atoms with Crippen LogP contribution >= 0.6 is 0 Å². The van der Waals surface area contributed by atoms with Crippen LogP contribution in [-0.4, -0.2) is 19.4 Å². The first-order valence-corrected chi connectivity index (χ1v) is 6.19. The summed E-state index contributed by atoms with van der Waals surface area (Å²) in [6, 6.07) is 8.55. The highest BCUT2D eigenvalue weighted by Crippen LogP contribution is 2.32. The van der Waals surface area contributed by atoms with E-state index in [1.54, 1.807) is 6.07 Å². The number of halogens is 1. The van der Waals surface area contributed by atoms with Crippen molar-refractivity contribution >= 4 is 17.9 Å². The summed E-state index contributed by atoms with van der Waals surface area (Å²) in [7, 11) is 1.20. The summed E-state index contributed by atoms with van der Waals surface area (Å²) in [5.41, 5.74) is 6.04. The molecule has 0 aromatic heterocycles. The first-order valence-electron chi connectivity index (χ1n) is 6.19. The number of aldehydes is 1. The second kappa shape index (κ2) is 6.06. The number of hydrogen-bond donors (Lipinski definition) is 1. The lowest BCUT2D eigenvalue weighted by molar-refractivity contribution is 0.0602. The molecular formula is C16H11FN2O3. The molecule has 0 saturated carbocycles. The Morgan fingerprint density at radius 2 is 2.09 bits per heavy atom. The van der Waals surface area contributed by atoms with E-state index in [9.17, 15) is 14.0 Å². The Labute approximate surface area is 125 Å². The number of nitrogens with zero attached hydrogens (tertiary/aromatic N) is 1. The molecule has 2 rings (SSSR count). The lowest BCUT2D eigenvalue weighted by Crippen LogP contribution is -2.07. The number of rotatable bonds is 3. The van der Waals surface area contributed by atoms with Crippen molar-refractivity contribution in [1.82, 2.24) is 0 Å². The third kappa shape index (κ3) is 2.52. The fourth-order valence-corrected chi connectivity index (χ4v) is 2.08. The van der Waals surface area contributed by atoms with Gasteiger partial charge in [0.25, 0.3) is 0 Å². The maximum absolute atomic E-state index is 14.4. The van der Waals surface area contributed by atoms with Crippen LogP contribution in [0, 0.1) is 17.1 Å². The number of benzene rings is 2. The summed E-state index contributed by atoms with van der Waals surface area (Å²) < 4.78 is 19.0. The third-order valence-corrected chi connectivity index (χ3v) is 3.15. The standard InChI is InChI=1S/C16H11FN2O3/c1-22-16(21)12-4-2-3-11(15(12)19)13-6-9(8-20)5-10(7-18)14(13)17/h2-6,8H,19H2,1H3. The monoisotopic (exact) mass is 298 g/mol. The number of esters is 1. The normalized spacial score (nSPS) is 9.86. The van der Waals surface area contributed by atoms with Gasteiger partial charge in [-0.15, -0.1) is 0 Å². The van der Waals surface area contributed by atoms with Gasteiger partial charge >= 0.3 is 5.97 Å². The van der Waals surface area contributed by atoms with Crippen molar-refractivity contribution in [3.8, 4) is 17.2 Å². The van der Waals surface area contributed by atoms with Gasteiger partial charge in [-0.05, 0) is 18.2 Å². The Bertz CT molecular complexity index is 810. The predicted molar refractivity (Wildman–Crippen MR) is 77.7 cm³/mol. The van der Waals surface area contributed by atoms with Crippen molar-refractivity contribution in [2.75, 3.05) is 12.8 Å². The molecule has 2 N–H and O–H groups in total. The molecule has 5 nitrogen and oxygen atoms in total. The zero-order valence-electron chi connectivity index (χ0n) is 11.6. The third-order valence-electron chi connectivity index (χ3n) is 3.15. The predicted octanol–water partition coefficient (Wildman–Crippen LogP) is 2.55. The number of nitrogen functional groups attached to an aromatic ring is 1. The van der Waals surface area contributed by atoms with Crippen LogP contribution in [0.1, 0.15) is 26.3 Å². The molecule has 0 radical (unpaired) electrons. The van der Waals surface area contributed by atoms with Crippen LogP contribution in [0.3, 0.4) is 0 Å². The Balaban J connectivity index is 2.75. The molecule has 0 heterocycles. The van der Waals surface area contributed by atoms with Gasteiger partial charge in [0.05, 0.1) is 23.9 Å². The van der Waals surface area contributed by atoms with Crippen molar-refractivity contribution in [3.63, 3.8) is 0 Å². The fourth-order valence-electron chi connectivity index (χ4n) is 2.08. The largest absolute Gasteiger partial charge is 0.465 e. The van der Waals surface area contributed by atoms with Gasteiger partial charge in [0, 0.05) is 16.7 Å². The summed E-state index contributed by atoms with van der Waals surface area (Å²) in [5, 5.41) is 8.95. The summed E-state index contributed by atoms with van der Waals surface area (Å²) >= 11 is 0. The summed E-state index contributed by atoms with van der Waals surface area (Å²) in [6.07, 6.45) is 0.504. The number of para-hydroxylation sites is 1. The van der Waals surface area contributed by atoms with Crippen LogP contribution < -0.4 is 5.73 Å². The Hall–Kier alpha value is -3.20. The van der Waals surface area contributed by atoms with Gasteiger partial charge in [-0.3, -0.25) is 4.79 Å². The Kier molecular flexibility index (Phi) is 4.18. The molecule has 0 aliphatic rings. The van der Waals surface area contributed by atoms with E-state index in [-0.39, 0.29) is 33.5 Å². The quantitative estimate of drug-likeness (QED) is 0.534. The molecule has 2 aromatic carbocycles. The second-order valence-corrected chi connectivity index (χ2v) is 4.42. The van der Waals surface area contributed by atoms with Gasteiger partial charge in [-0.25, -0.2) is 9.18 Å². The molecule has 0 aliphatic carbocycles. The molecule has 22 heavy (non-hydrogen) atoms. The van der Waals surface area contributed by atoms with Crippen LogP contribution in [0.2, 0.25) is 0 Å². The van der Waals surface area contributed by atoms with Crippen molar-refractivity contribution in [1.29, 1.82) is 5.26 Å². The molecular weight excluding hydrogens is 287 g/mol. The summed E-state index contributed by atoms with van der Waals surface area (Å²) in [6.45, 7) is 0. The molecule has 6 heteroatoms. The fraction of sp³-hybridized carbons (Fsp3) is 0.0625. The number of anilines is 1. The van der Waals surface area contributed by atoms with Crippen LogP contribution in [0.5, 0.6) is 0 Å². The topological polar surface area (TPSA) is 93.2 Å². The van der Waals surface area contributed by atoms with E-state index in [2.05, 4.69) is 4.74 Å². The molecule has 110 valence electrons. The van der Waals surface area contributed by atoms with E-state index >= 15 is 0 Å². The molecule has 0 spiro atoms. The van der Waals surface area contributed by atoms with Crippen LogP contribution in [0.15, 0.2) is 30.3 Å². The van der Waals surface area contributed by atoms with E-state index in [0.29, 0.717) is 6.29 Å². The van der Waals surface area contributed by atoms with Gasteiger partial charge in [0.1, 0.15) is 18.2 Å². The first kappa shape index (κ1) is 15.2. The molecule has 0 atom stereocenters. The highest BCUT2D eigenvalue weighted by molar-refractivity contribution is 5.99. The minimum absolute atomic E-state index is 0.0141. The summed E-state index contributed by atoms with van der Waals surface area (Å²) in [5.74, 6) is -1.46. The molecule has 0 unspecified atom stereocenters. The van der Waals surface area contributed by atoms with Gasteiger partial charge in [-0.1, -0.05) is 12.1 Å². The van der Waals surface area contributed by atoms with E-state index in [1.807, 2.05) is 0 Å². The molecule has 0 bridgehead atoms. The molecule has 2 aromatic rings. The zero-order valence-corrected chi connectivity index (χ0v) is 11.6. The lowest BCUT2D eigenvalue weighted by Gasteiger charge is -2.12. The molecule has 0 amide bonds. The Morgan fingerprint density at radius 3 is 2.68 bits per heavy atom. The maximum Gasteiger partial charge on any atom is 0.339 e. The minimum atomic E-state index is -0.804. The van der Waals surface area contributed by atoms with E-state index < -0.39 is 11.8 Å². The van der Waals surface area contributed by atoms with Crippen LogP contribution in [0.25, 0.3) is 11.1 Å². The van der Waals surface area contributed by atoms with Crippen molar-refractivity contribution < 1.29 is 18.7 Å². The van der Waals surface area contributed by atoms with Gasteiger partial charge in [0.15, 0.2) is 0 Å². The smallest absolute Gasteiger partial charge is 0.339 e. The molecule has 0 aliphatic heterocycles. The van der Waals surface area contributed by atoms with E-state index in [0.717, 1.165) is 6.07 Å². The number of methoxy groups -OCH3 is 1. The zero-order chi connectivity index (χ0) is 16.3. The van der Waals surface area contributed by atoms with Crippen molar-refractivity contribution in [3.05, 3.63) is 52.8 Å². The SMILES string of the molecule is COC(=O)c1cccc(-c2cc(C=O)cc(C#N)c2F)c1N. The summed E-state index contributed by atoms with van der Waals surface area (Å²) in [4.78, 5) is 22.6. The second-order valence-electron chi connectivity index (χ2n) is 4.42.